The smallest absolute Gasteiger partial charge is 0.223 e. The summed E-state index contributed by atoms with van der Waals surface area (Å²) in [4.78, 5) is 10.3. The van der Waals surface area contributed by atoms with Crippen LogP contribution in [-0.4, -0.2) is 29.9 Å². The fourth-order valence-electron chi connectivity index (χ4n) is 2.02. The van der Waals surface area contributed by atoms with Crippen LogP contribution in [0.2, 0.25) is 10.0 Å². The number of benzene rings is 1. The number of nitrogens with zero attached hydrogens (tertiary/aromatic N) is 3. The third-order valence-corrected chi connectivity index (χ3v) is 3.80. The van der Waals surface area contributed by atoms with Gasteiger partial charge >= 0.3 is 0 Å². The second-order valence-corrected chi connectivity index (χ2v) is 5.40. The fourth-order valence-corrected chi connectivity index (χ4v) is 2.32. The number of aliphatic imine (C=N–C) groups is 2. The Bertz CT molecular complexity index is 541. The first-order valence-corrected chi connectivity index (χ1v) is 7.20. The molecule has 4 N–H and O–H groups in total. The molecular formula is C13H19Cl4N5. The molecule has 0 saturated carbocycles. The zero-order chi connectivity index (χ0) is 14.5. The van der Waals surface area contributed by atoms with Crippen LogP contribution in [0.25, 0.3) is 0 Å². The van der Waals surface area contributed by atoms with E-state index in [9.17, 15) is 0 Å². The molecule has 0 atom stereocenters. The maximum absolute atomic E-state index is 5.92. The van der Waals surface area contributed by atoms with Crippen LogP contribution >= 0.6 is 48.0 Å². The third kappa shape index (κ3) is 6.08. The first-order chi connectivity index (χ1) is 9.56. The summed E-state index contributed by atoms with van der Waals surface area (Å²) in [5.41, 5.74) is 12.3. The molecule has 1 fully saturated rings. The Morgan fingerprint density at radius 1 is 1.00 bits per heavy atom. The minimum Gasteiger partial charge on any atom is -0.369 e. The molecular weight excluding hydrogens is 368 g/mol. The molecule has 1 heterocycles. The number of guanidine groups is 2. The van der Waals surface area contributed by atoms with Crippen LogP contribution in [0.4, 0.5) is 5.69 Å². The van der Waals surface area contributed by atoms with Crippen LogP contribution in [0, 0.1) is 0 Å². The number of piperidine rings is 1. The normalized spacial score (nSPS) is 15.8. The molecule has 9 heteroatoms. The van der Waals surface area contributed by atoms with Gasteiger partial charge in [-0.05, 0) is 37.5 Å². The summed E-state index contributed by atoms with van der Waals surface area (Å²) in [5, 5.41) is 0.897. The van der Waals surface area contributed by atoms with Gasteiger partial charge in [0.2, 0.25) is 5.96 Å². The van der Waals surface area contributed by atoms with Crippen molar-refractivity contribution in [3.05, 3.63) is 28.2 Å². The maximum atomic E-state index is 5.92. The van der Waals surface area contributed by atoms with Gasteiger partial charge in [0.1, 0.15) is 0 Å². The van der Waals surface area contributed by atoms with Crippen molar-refractivity contribution in [3.63, 3.8) is 0 Å². The van der Waals surface area contributed by atoms with Gasteiger partial charge in [0, 0.05) is 13.1 Å². The lowest BCUT2D eigenvalue weighted by Gasteiger charge is -2.27. The minimum atomic E-state index is 0. The summed E-state index contributed by atoms with van der Waals surface area (Å²) >= 11 is 11.8. The van der Waals surface area contributed by atoms with Crippen LogP contribution in [0.3, 0.4) is 0 Å². The van der Waals surface area contributed by atoms with Gasteiger partial charge < -0.3 is 16.4 Å². The second-order valence-electron chi connectivity index (χ2n) is 4.59. The highest BCUT2D eigenvalue weighted by atomic mass is 35.5. The summed E-state index contributed by atoms with van der Waals surface area (Å²) in [7, 11) is 0. The van der Waals surface area contributed by atoms with E-state index in [1.165, 1.54) is 6.42 Å². The summed E-state index contributed by atoms with van der Waals surface area (Å²) in [6.45, 7) is 1.82. The van der Waals surface area contributed by atoms with Crippen molar-refractivity contribution in [1.82, 2.24) is 4.90 Å². The van der Waals surface area contributed by atoms with E-state index < -0.39 is 0 Å². The van der Waals surface area contributed by atoms with Crippen molar-refractivity contribution in [1.29, 1.82) is 0 Å². The van der Waals surface area contributed by atoms with Crippen LogP contribution in [0.15, 0.2) is 28.2 Å². The van der Waals surface area contributed by atoms with E-state index in [1.807, 2.05) is 4.90 Å². The third-order valence-electron chi connectivity index (χ3n) is 3.06. The highest BCUT2D eigenvalue weighted by molar-refractivity contribution is 6.42. The van der Waals surface area contributed by atoms with Crippen molar-refractivity contribution < 1.29 is 0 Å². The Kier molecular flexibility index (Phi) is 9.60. The SMILES string of the molecule is Cl.Cl.NC(=Nc1ccc(Cl)c(Cl)c1)/N=C(/N)N1CCCCC1. The molecule has 0 aliphatic carbocycles. The zero-order valence-corrected chi connectivity index (χ0v) is 15.0. The number of hydrogen-bond acceptors (Lipinski definition) is 1. The average Bonchev–Trinajstić information content (AvgIpc) is 2.44. The van der Waals surface area contributed by atoms with Crippen molar-refractivity contribution >= 4 is 65.6 Å². The molecule has 2 rings (SSSR count). The topological polar surface area (TPSA) is 80.0 Å². The number of halogens is 4. The van der Waals surface area contributed by atoms with Crippen LogP contribution in [0.5, 0.6) is 0 Å². The van der Waals surface area contributed by atoms with Gasteiger partial charge in [-0.15, -0.1) is 24.8 Å². The number of likely N-dealkylation sites (tertiary alicyclic amines) is 1. The van der Waals surface area contributed by atoms with E-state index in [4.69, 9.17) is 34.7 Å². The maximum Gasteiger partial charge on any atom is 0.223 e. The fraction of sp³-hybridized carbons (Fsp3) is 0.385. The number of nitrogens with two attached hydrogens (primary N) is 2. The Morgan fingerprint density at radius 2 is 1.64 bits per heavy atom. The summed E-state index contributed by atoms with van der Waals surface area (Å²) in [5.74, 6) is 0.512. The Hall–Kier alpha value is -0.880. The number of rotatable bonds is 1. The predicted molar refractivity (Wildman–Crippen MR) is 99.3 cm³/mol. The Balaban J connectivity index is 0.00000220. The molecule has 5 nitrogen and oxygen atoms in total. The molecule has 1 aromatic rings. The van der Waals surface area contributed by atoms with Gasteiger partial charge in [0.25, 0.3) is 0 Å². The largest absolute Gasteiger partial charge is 0.369 e. The van der Waals surface area contributed by atoms with E-state index in [-0.39, 0.29) is 30.8 Å². The first kappa shape index (κ1) is 21.1. The highest BCUT2D eigenvalue weighted by Gasteiger charge is 2.12. The van der Waals surface area contributed by atoms with E-state index in [0.717, 1.165) is 25.9 Å². The molecule has 22 heavy (non-hydrogen) atoms. The molecule has 0 spiro atoms. The van der Waals surface area contributed by atoms with E-state index in [2.05, 4.69) is 9.98 Å². The molecule has 1 aliphatic heterocycles. The van der Waals surface area contributed by atoms with Crippen LogP contribution in [0.1, 0.15) is 19.3 Å². The standard InChI is InChI=1S/C13H17Cl2N5.2ClH/c14-10-5-4-9(8-11(10)15)18-12(16)19-13(17)20-6-2-1-3-7-20;;/h4-5,8H,1-3,6-7H2,(H4,16,17,18,19);2*1H. The van der Waals surface area contributed by atoms with Crippen molar-refractivity contribution in [2.24, 2.45) is 21.5 Å². The lowest BCUT2D eigenvalue weighted by Crippen LogP contribution is -2.41. The van der Waals surface area contributed by atoms with Gasteiger partial charge in [-0.2, -0.15) is 4.99 Å². The molecule has 1 aromatic carbocycles. The van der Waals surface area contributed by atoms with Crippen LogP contribution < -0.4 is 11.5 Å². The van der Waals surface area contributed by atoms with Crippen molar-refractivity contribution in [2.75, 3.05) is 13.1 Å². The molecule has 0 amide bonds. The second kappa shape index (κ2) is 10.0. The molecule has 0 aromatic heterocycles. The zero-order valence-electron chi connectivity index (χ0n) is 11.8. The molecule has 1 aliphatic rings. The van der Waals surface area contributed by atoms with Crippen molar-refractivity contribution in [3.8, 4) is 0 Å². The van der Waals surface area contributed by atoms with Gasteiger partial charge in [-0.3, -0.25) is 0 Å². The van der Waals surface area contributed by atoms with E-state index >= 15 is 0 Å². The van der Waals surface area contributed by atoms with E-state index in [1.54, 1.807) is 18.2 Å². The number of hydrogen-bond donors (Lipinski definition) is 2. The highest BCUT2D eigenvalue weighted by Crippen LogP contribution is 2.26. The van der Waals surface area contributed by atoms with E-state index in [0.29, 0.717) is 21.7 Å². The van der Waals surface area contributed by atoms with Gasteiger partial charge in [-0.1, -0.05) is 23.2 Å². The first-order valence-electron chi connectivity index (χ1n) is 6.44. The minimum absolute atomic E-state index is 0. The molecule has 0 radical (unpaired) electrons. The lowest BCUT2D eigenvalue weighted by atomic mass is 10.1. The van der Waals surface area contributed by atoms with Gasteiger partial charge in [0.15, 0.2) is 5.96 Å². The summed E-state index contributed by atoms with van der Waals surface area (Å²) in [6.07, 6.45) is 3.48. The van der Waals surface area contributed by atoms with Crippen molar-refractivity contribution in [2.45, 2.75) is 19.3 Å². The molecule has 124 valence electrons. The molecule has 0 unspecified atom stereocenters. The Labute approximate surface area is 152 Å². The lowest BCUT2D eigenvalue weighted by molar-refractivity contribution is 0.339. The van der Waals surface area contributed by atoms with Gasteiger partial charge in [0.05, 0.1) is 15.7 Å². The summed E-state index contributed by atoms with van der Waals surface area (Å²) < 4.78 is 0. The van der Waals surface area contributed by atoms with Gasteiger partial charge in [-0.25, -0.2) is 4.99 Å². The monoisotopic (exact) mass is 385 g/mol. The quantitative estimate of drug-likeness (QED) is 0.571. The average molecular weight is 387 g/mol. The molecule has 1 saturated heterocycles. The molecule has 0 bridgehead atoms. The predicted octanol–water partition coefficient (Wildman–Crippen LogP) is 3.58. The summed E-state index contributed by atoms with van der Waals surface area (Å²) in [6, 6.07) is 5.00. The Morgan fingerprint density at radius 3 is 2.23 bits per heavy atom. The van der Waals surface area contributed by atoms with Crippen LogP contribution in [-0.2, 0) is 0 Å².